The van der Waals surface area contributed by atoms with E-state index in [1.54, 1.807) is 21.0 Å². The summed E-state index contributed by atoms with van der Waals surface area (Å²) < 4.78 is 11.9. The number of rotatable bonds is 3. The number of likely N-dealkylation sites (N-methyl/N-ethyl adjacent to an activating group) is 1. The third-order valence-corrected chi connectivity index (χ3v) is 7.86. The smallest absolute Gasteiger partial charge is 0.319 e. The topological polar surface area (TPSA) is 59.1 Å². The van der Waals surface area contributed by atoms with Crippen molar-refractivity contribution >= 4 is 11.8 Å². The lowest BCUT2D eigenvalue weighted by Gasteiger charge is -2.48. The zero-order valence-electron chi connectivity index (χ0n) is 22.1. The van der Waals surface area contributed by atoms with Crippen molar-refractivity contribution in [1.29, 1.82) is 0 Å². The van der Waals surface area contributed by atoms with Crippen LogP contribution in [0.15, 0.2) is 0 Å². The molecule has 0 aromatic carbocycles. The van der Waals surface area contributed by atoms with Crippen LogP contribution in [0.3, 0.4) is 0 Å². The number of ketones is 1. The van der Waals surface area contributed by atoms with E-state index in [2.05, 4.69) is 44.5 Å². The maximum Gasteiger partial charge on any atom is 0.319 e. The van der Waals surface area contributed by atoms with E-state index in [4.69, 9.17) is 9.47 Å². The maximum atomic E-state index is 13.3. The van der Waals surface area contributed by atoms with E-state index >= 15 is 0 Å². The van der Waals surface area contributed by atoms with Gasteiger partial charge in [0.1, 0.15) is 12.0 Å². The molecule has 32 heavy (non-hydrogen) atoms. The van der Waals surface area contributed by atoms with Gasteiger partial charge in [-0.3, -0.25) is 14.5 Å². The molecule has 0 bridgehead atoms. The first-order chi connectivity index (χ1) is 14.7. The molecule has 6 heteroatoms. The summed E-state index contributed by atoms with van der Waals surface area (Å²) in [4.78, 5) is 31.3. The number of likely N-dealkylation sites (tertiary alicyclic amines) is 1. The summed E-state index contributed by atoms with van der Waals surface area (Å²) >= 11 is 0. The van der Waals surface area contributed by atoms with Gasteiger partial charge in [-0.05, 0) is 65.3 Å². The minimum absolute atomic E-state index is 0.0631. The van der Waals surface area contributed by atoms with Gasteiger partial charge in [-0.1, -0.05) is 27.7 Å². The van der Waals surface area contributed by atoms with E-state index in [-0.39, 0.29) is 17.2 Å². The Labute approximate surface area is 196 Å². The van der Waals surface area contributed by atoms with E-state index in [1.165, 1.54) is 0 Å². The summed E-state index contributed by atoms with van der Waals surface area (Å²) in [6.07, 6.45) is 3.39. The van der Waals surface area contributed by atoms with E-state index in [9.17, 15) is 9.59 Å². The lowest BCUT2D eigenvalue weighted by Crippen LogP contribution is -2.58. The highest BCUT2D eigenvalue weighted by Crippen LogP contribution is 2.36. The first kappa shape index (κ1) is 27.3. The van der Waals surface area contributed by atoms with Crippen molar-refractivity contribution in [2.75, 3.05) is 46.9 Å². The Morgan fingerprint density at radius 2 is 1.69 bits per heavy atom. The first-order valence-corrected chi connectivity index (χ1v) is 12.4. The number of carbonyl (C=O) groups is 2. The maximum absolute atomic E-state index is 13.3. The third-order valence-electron chi connectivity index (χ3n) is 7.86. The van der Waals surface area contributed by atoms with Gasteiger partial charge in [-0.15, -0.1) is 0 Å². The molecule has 186 valence electrons. The molecule has 6 nitrogen and oxygen atoms in total. The van der Waals surface area contributed by atoms with E-state index in [1.807, 2.05) is 6.92 Å². The number of ether oxygens (including phenoxy) is 2. The fraction of sp³-hybridized carbons (Fsp3) is 0.923. The quantitative estimate of drug-likeness (QED) is 0.476. The van der Waals surface area contributed by atoms with Crippen LogP contribution in [-0.2, 0) is 19.1 Å². The second-order valence-electron chi connectivity index (χ2n) is 11.9. The van der Waals surface area contributed by atoms with E-state index in [0.29, 0.717) is 24.9 Å². The van der Waals surface area contributed by atoms with E-state index in [0.717, 1.165) is 45.4 Å². The van der Waals surface area contributed by atoms with Crippen LogP contribution >= 0.6 is 0 Å². The van der Waals surface area contributed by atoms with Crippen LogP contribution in [0.5, 0.6) is 0 Å². The Bertz CT molecular complexity index is 654. The van der Waals surface area contributed by atoms with Crippen LogP contribution in [-0.4, -0.2) is 79.6 Å². The first-order valence-electron chi connectivity index (χ1n) is 12.4. The van der Waals surface area contributed by atoms with Crippen molar-refractivity contribution in [1.82, 2.24) is 9.80 Å². The minimum Gasteiger partial charge on any atom is -0.463 e. The molecule has 0 saturated carbocycles. The lowest BCUT2D eigenvalue weighted by atomic mass is 9.76. The average molecular weight is 453 g/mol. The van der Waals surface area contributed by atoms with Gasteiger partial charge < -0.3 is 14.4 Å². The van der Waals surface area contributed by atoms with Crippen molar-refractivity contribution < 1.29 is 19.1 Å². The zero-order chi connectivity index (χ0) is 24.3. The Hall–Kier alpha value is -0.980. The summed E-state index contributed by atoms with van der Waals surface area (Å²) in [5.41, 5.74) is -1.76. The number of cyclic esters (lactones) is 1. The molecule has 2 heterocycles. The molecule has 0 N–H and O–H groups in total. The highest BCUT2D eigenvalue weighted by atomic mass is 16.5. The van der Waals surface area contributed by atoms with Crippen LogP contribution in [0, 0.1) is 23.2 Å². The Morgan fingerprint density at radius 3 is 2.22 bits per heavy atom. The van der Waals surface area contributed by atoms with Crippen molar-refractivity contribution in [3.05, 3.63) is 0 Å². The molecule has 0 radical (unpaired) electrons. The Balaban J connectivity index is 2.33. The van der Waals surface area contributed by atoms with Gasteiger partial charge in [0.25, 0.3) is 0 Å². The van der Waals surface area contributed by atoms with Crippen molar-refractivity contribution in [3.63, 3.8) is 0 Å². The number of nitrogens with zero attached hydrogens (tertiary/aromatic N) is 2. The van der Waals surface area contributed by atoms with Crippen LogP contribution in [0.2, 0.25) is 0 Å². The molecular weight excluding hydrogens is 404 g/mol. The number of carbonyl (C=O) groups excluding carboxylic acids is 2. The molecule has 3 unspecified atom stereocenters. The zero-order valence-corrected chi connectivity index (χ0v) is 22.1. The second kappa shape index (κ2) is 10.5. The SMILES string of the molecule is COC1(C)CC(C)CN(C)C2(CCN(CC(C)C)CC2)COC(=O)C(C)(C)C(=O)C(C)C1. The summed E-state index contributed by atoms with van der Waals surface area (Å²) in [6.45, 7) is 18.6. The van der Waals surface area contributed by atoms with Crippen molar-refractivity contribution in [2.45, 2.75) is 85.3 Å². The highest BCUT2D eigenvalue weighted by Gasteiger charge is 2.46. The second-order valence-corrected chi connectivity index (χ2v) is 11.9. The van der Waals surface area contributed by atoms with E-state index < -0.39 is 17.0 Å². The molecule has 2 fully saturated rings. The molecule has 0 aliphatic carbocycles. The summed E-state index contributed by atoms with van der Waals surface area (Å²) in [6, 6.07) is 0. The number of methoxy groups -OCH3 is 1. The number of hydrogen-bond acceptors (Lipinski definition) is 6. The van der Waals surface area contributed by atoms with Crippen LogP contribution in [0.1, 0.15) is 74.1 Å². The molecule has 2 aliphatic heterocycles. The average Bonchev–Trinajstić information content (AvgIpc) is 2.71. The molecule has 2 rings (SSSR count). The predicted molar refractivity (Wildman–Crippen MR) is 129 cm³/mol. The van der Waals surface area contributed by atoms with Gasteiger partial charge in [-0.2, -0.15) is 0 Å². The van der Waals surface area contributed by atoms with Gasteiger partial charge in [0.05, 0.1) is 11.1 Å². The fourth-order valence-corrected chi connectivity index (χ4v) is 5.85. The number of esters is 1. The normalized spacial score (nSPS) is 33.4. The molecule has 0 amide bonds. The molecule has 2 aliphatic rings. The molecular formula is C26H48N2O4. The van der Waals surface area contributed by atoms with Gasteiger partial charge in [0.15, 0.2) is 5.78 Å². The van der Waals surface area contributed by atoms with Crippen LogP contribution in [0.25, 0.3) is 0 Å². The van der Waals surface area contributed by atoms with Crippen molar-refractivity contribution in [2.24, 2.45) is 23.2 Å². The molecule has 3 atom stereocenters. The third kappa shape index (κ3) is 6.32. The van der Waals surface area contributed by atoms with Gasteiger partial charge >= 0.3 is 5.97 Å². The summed E-state index contributed by atoms with van der Waals surface area (Å²) in [5.74, 6) is 0.286. The Morgan fingerprint density at radius 1 is 1.09 bits per heavy atom. The summed E-state index contributed by atoms with van der Waals surface area (Å²) in [7, 11) is 3.90. The molecule has 0 aromatic rings. The predicted octanol–water partition coefficient (Wildman–Crippen LogP) is 4.02. The van der Waals surface area contributed by atoms with Gasteiger partial charge in [0, 0.05) is 39.2 Å². The summed E-state index contributed by atoms with van der Waals surface area (Å²) in [5, 5.41) is 0. The van der Waals surface area contributed by atoms with Crippen LogP contribution < -0.4 is 0 Å². The largest absolute Gasteiger partial charge is 0.463 e. The number of hydrogen-bond donors (Lipinski definition) is 0. The monoisotopic (exact) mass is 452 g/mol. The Kier molecular flexibility index (Phi) is 8.96. The van der Waals surface area contributed by atoms with Gasteiger partial charge in [0.2, 0.25) is 0 Å². The van der Waals surface area contributed by atoms with Gasteiger partial charge in [-0.25, -0.2) is 0 Å². The minimum atomic E-state index is -1.16. The molecule has 1 spiro atoms. The number of Topliss-reactive ketones (excluding diaryl/α,β-unsaturated/α-hetero) is 1. The van der Waals surface area contributed by atoms with Crippen LogP contribution in [0.4, 0.5) is 0 Å². The number of piperidine rings is 1. The fourth-order valence-electron chi connectivity index (χ4n) is 5.85. The van der Waals surface area contributed by atoms with Crippen molar-refractivity contribution in [3.8, 4) is 0 Å². The molecule has 0 aromatic heterocycles. The standard InChI is InChI=1S/C26H48N2O4/c1-19(2)16-28-12-10-26(11-13-28)18-32-23(30)24(5,6)22(29)21(4)15-25(7,31-9)14-20(3)17-27(26)8/h19-21H,10-18H2,1-9H3. The molecule has 2 saturated heterocycles. The lowest BCUT2D eigenvalue weighted by molar-refractivity contribution is -0.164. The highest BCUT2D eigenvalue weighted by molar-refractivity contribution is 6.03.